The van der Waals surface area contributed by atoms with Gasteiger partial charge in [0.25, 0.3) is 0 Å². The number of amides is 1. The molecule has 0 aromatic heterocycles. The number of carbonyl (C=O) groups is 1. The fraction of sp³-hybridized carbons (Fsp3) is 0.300. The summed E-state index contributed by atoms with van der Waals surface area (Å²) >= 11 is 5.31. The smallest absolute Gasteiger partial charge is 0.293 e. The molecule has 0 bridgehead atoms. The largest absolute Gasteiger partial charge is 0.321 e. The van der Waals surface area contributed by atoms with Crippen LogP contribution in [0.15, 0.2) is 18.2 Å². The van der Waals surface area contributed by atoms with Crippen molar-refractivity contribution in [1.82, 2.24) is 0 Å². The van der Waals surface area contributed by atoms with Gasteiger partial charge >= 0.3 is 5.37 Å². The third-order valence-electron chi connectivity index (χ3n) is 1.88. The molecule has 1 amide bonds. The van der Waals surface area contributed by atoms with Crippen LogP contribution in [0.4, 0.5) is 19.3 Å². The van der Waals surface area contributed by atoms with Gasteiger partial charge in [-0.1, -0.05) is 0 Å². The van der Waals surface area contributed by atoms with Gasteiger partial charge in [0.2, 0.25) is 0 Å². The summed E-state index contributed by atoms with van der Waals surface area (Å²) in [7, 11) is 0. The van der Waals surface area contributed by atoms with E-state index in [9.17, 15) is 13.6 Å². The lowest BCUT2D eigenvalue weighted by atomic mass is 10.2. The minimum Gasteiger partial charge on any atom is -0.293 e. The van der Waals surface area contributed by atoms with E-state index in [1.54, 1.807) is 13.8 Å². The lowest BCUT2D eigenvalue weighted by Crippen LogP contribution is -2.33. The van der Waals surface area contributed by atoms with Crippen LogP contribution >= 0.6 is 11.6 Å². The number of hydrogen-bond acceptors (Lipinski definition) is 1. The van der Waals surface area contributed by atoms with Crippen LogP contribution in [0.3, 0.4) is 0 Å². The first-order valence-corrected chi connectivity index (χ1v) is 4.75. The molecule has 82 valence electrons. The highest BCUT2D eigenvalue weighted by Crippen LogP contribution is 2.23. The Balaban J connectivity index is 3.17. The zero-order valence-electron chi connectivity index (χ0n) is 8.30. The maximum atomic E-state index is 13.3. The van der Waals surface area contributed by atoms with Gasteiger partial charge in [0.1, 0.15) is 11.6 Å². The standard InChI is InChI=1S/C10H10ClF2NO/c1-6(2)14(10(11)15)9-4-3-7(12)5-8(9)13/h3-6H,1-2H3. The average Bonchev–Trinajstić information content (AvgIpc) is 2.08. The van der Waals surface area contributed by atoms with Crippen molar-refractivity contribution < 1.29 is 13.6 Å². The van der Waals surface area contributed by atoms with Crippen LogP contribution in [0.25, 0.3) is 0 Å². The molecule has 1 aromatic rings. The summed E-state index contributed by atoms with van der Waals surface area (Å²) in [6, 6.07) is 2.68. The molecule has 0 aliphatic heterocycles. The highest BCUT2D eigenvalue weighted by atomic mass is 35.5. The molecular weight excluding hydrogens is 224 g/mol. The first kappa shape index (κ1) is 11.9. The molecule has 1 rings (SSSR count). The molecule has 0 heterocycles. The third kappa shape index (κ3) is 2.65. The Kier molecular flexibility index (Phi) is 3.63. The molecule has 0 fully saturated rings. The van der Waals surface area contributed by atoms with Crippen molar-refractivity contribution in [2.75, 3.05) is 4.90 Å². The second-order valence-electron chi connectivity index (χ2n) is 3.31. The molecule has 15 heavy (non-hydrogen) atoms. The van der Waals surface area contributed by atoms with Gasteiger partial charge in [-0.25, -0.2) is 8.78 Å². The van der Waals surface area contributed by atoms with Crippen molar-refractivity contribution in [3.63, 3.8) is 0 Å². The molecule has 0 atom stereocenters. The summed E-state index contributed by atoms with van der Waals surface area (Å²) in [5.41, 5.74) is -0.0219. The number of halogens is 3. The molecule has 0 radical (unpaired) electrons. The highest BCUT2D eigenvalue weighted by Gasteiger charge is 2.20. The zero-order valence-corrected chi connectivity index (χ0v) is 9.05. The molecular formula is C10H10ClF2NO. The molecule has 1 aromatic carbocycles. The summed E-state index contributed by atoms with van der Waals surface area (Å²) in [6.07, 6.45) is 0. The predicted octanol–water partition coefficient (Wildman–Crippen LogP) is 3.54. The molecule has 0 saturated heterocycles. The minimum absolute atomic E-state index is 0.0219. The molecule has 0 aliphatic carbocycles. The first-order chi connectivity index (χ1) is 6.93. The lowest BCUT2D eigenvalue weighted by Gasteiger charge is -2.24. The number of hydrogen-bond donors (Lipinski definition) is 0. The average molecular weight is 234 g/mol. The van der Waals surface area contributed by atoms with Gasteiger partial charge in [0, 0.05) is 12.1 Å². The Morgan fingerprint density at radius 3 is 2.40 bits per heavy atom. The van der Waals surface area contributed by atoms with E-state index in [0.717, 1.165) is 11.0 Å². The molecule has 5 heteroatoms. The monoisotopic (exact) mass is 233 g/mol. The van der Waals surface area contributed by atoms with Crippen molar-refractivity contribution in [2.24, 2.45) is 0 Å². The number of nitrogens with zero attached hydrogens (tertiary/aromatic N) is 1. The molecule has 0 unspecified atom stereocenters. The third-order valence-corrected chi connectivity index (χ3v) is 2.06. The Morgan fingerprint density at radius 2 is 2.00 bits per heavy atom. The van der Waals surface area contributed by atoms with Gasteiger partial charge < -0.3 is 0 Å². The summed E-state index contributed by atoms with van der Waals surface area (Å²) < 4.78 is 26.0. The van der Waals surface area contributed by atoms with E-state index in [2.05, 4.69) is 0 Å². The fourth-order valence-corrected chi connectivity index (χ4v) is 1.54. The van der Waals surface area contributed by atoms with E-state index in [4.69, 9.17) is 11.6 Å². The Labute approximate surface area is 91.4 Å². The maximum absolute atomic E-state index is 13.3. The fourth-order valence-electron chi connectivity index (χ4n) is 1.25. The SMILES string of the molecule is CC(C)N(C(=O)Cl)c1ccc(F)cc1F. The lowest BCUT2D eigenvalue weighted by molar-refractivity contribution is 0.262. The zero-order chi connectivity index (χ0) is 11.6. The Bertz CT molecular complexity index is 382. The van der Waals surface area contributed by atoms with E-state index in [-0.39, 0.29) is 11.7 Å². The van der Waals surface area contributed by atoms with E-state index in [0.29, 0.717) is 6.07 Å². The van der Waals surface area contributed by atoms with Crippen molar-refractivity contribution in [2.45, 2.75) is 19.9 Å². The van der Waals surface area contributed by atoms with Gasteiger partial charge in [0.15, 0.2) is 0 Å². The van der Waals surface area contributed by atoms with Crippen LogP contribution < -0.4 is 4.90 Å². The van der Waals surface area contributed by atoms with Gasteiger partial charge in [0.05, 0.1) is 5.69 Å². The minimum atomic E-state index is -0.808. The van der Waals surface area contributed by atoms with E-state index in [1.807, 2.05) is 0 Å². The van der Waals surface area contributed by atoms with Crippen molar-refractivity contribution in [1.29, 1.82) is 0 Å². The second kappa shape index (κ2) is 4.57. The van der Waals surface area contributed by atoms with Gasteiger partial charge in [-0.3, -0.25) is 9.69 Å². The predicted molar refractivity (Wildman–Crippen MR) is 55.2 cm³/mol. The number of anilines is 1. The van der Waals surface area contributed by atoms with E-state index in [1.165, 1.54) is 6.07 Å². The number of benzene rings is 1. The highest BCUT2D eigenvalue weighted by molar-refractivity contribution is 6.66. The Morgan fingerprint density at radius 1 is 1.40 bits per heavy atom. The van der Waals surface area contributed by atoms with E-state index < -0.39 is 17.0 Å². The summed E-state index contributed by atoms with van der Waals surface area (Å²) in [5.74, 6) is -1.50. The van der Waals surface area contributed by atoms with Crippen LogP contribution in [0.2, 0.25) is 0 Å². The van der Waals surface area contributed by atoms with Crippen molar-refractivity contribution in [3.05, 3.63) is 29.8 Å². The van der Waals surface area contributed by atoms with Crippen LogP contribution in [0.1, 0.15) is 13.8 Å². The summed E-state index contributed by atoms with van der Waals surface area (Å²) in [5, 5.41) is -0.796. The molecule has 0 aliphatic rings. The Hall–Kier alpha value is -1.16. The van der Waals surface area contributed by atoms with Crippen LogP contribution in [-0.2, 0) is 0 Å². The van der Waals surface area contributed by atoms with Gasteiger partial charge in [-0.15, -0.1) is 0 Å². The van der Waals surface area contributed by atoms with Gasteiger partial charge in [-0.05, 0) is 37.6 Å². The molecule has 0 spiro atoms. The van der Waals surface area contributed by atoms with Crippen LogP contribution in [-0.4, -0.2) is 11.4 Å². The maximum Gasteiger partial charge on any atom is 0.321 e. The molecule has 2 nitrogen and oxygen atoms in total. The number of carbonyl (C=O) groups excluding carboxylic acids is 1. The number of rotatable bonds is 2. The van der Waals surface area contributed by atoms with Gasteiger partial charge in [-0.2, -0.15) is 0 Å². The van der Waals surface area contributed by atoms with E-state index >= 15 is 0 Å². The van der Waals surface area contributed by atoms with Crippen LogP contribution in [0.5, 0.6) is 0 Å². The first-order valence-electron chi connectivity index (χ1n) is 4.37. The van der Waals surface area contributed by atoms with Crippen molar-refractivity contribution >= 4 is 22.7 Å². The van der Waals surface area contributed by atoms with Crippen molar-refractivity contribution in [3.8, 4) is 0 Å². The summed E-state index contributed by atoms with van der Waals surface area (Å²) in [4.78, 5) is 12.1. The second-order valence-corrected chi connectivity index (χ2v) is 3.64. The normalized spacial score (nSPS) is 10.5. The molecule has 0 N–H and O–H groups in total. The summed E-state index contributed by atoms with van der Waals surface area (Å²) in [6.45, 7) is 3.37. The van der Waals surface area contributed by atoms with Crippen LogP contribution in [0, 0.1) is 11.6 Å². The topological polar surface area (TPSA) is 20.3 Å². The quantitative estimate of drug-likeness (QED) is 0.565. The molecule has 0 saturated carbocycles.